The Morgan fingerprint density at radius 2 is 1.58 bits per heavy atom. The fourth-order valence-corrected chi connectivity index (χ4v) is 9.98. The van der Waals surface area contributed by atoms with Gasteiger partial charge in [-0.2, -0.15) is 5.26 Å². The lowest BCUT2D eigenvalue weighted by molar-refractivity contribution is -0.164. The zero-order valence-electron chi connectivity index (χ0n) is 33.6. The Morgan fingerprint density at radius 3 is 2.24 bits per heavy atom. The number of rotatable bonds is 11. The zero-order chi connectivity index (χ0) is 41.8. The average Bonchev–Trinajstić information content (AvgIpc) is 3.44. The minimum Gasteiger partial charge on any atom is -0.492 e. The van der Waals surface area contributed by atoms with E-state index in [0.29, 0.717) is 40.3 Å². The maximum absolute atomic E-state index is 13.5. The van der Waals surface area contributed by atoms with Crippen LogP contribution >= 0.6 is 11.6 Å². The van der Waals surface area contributed by atoms with Crippen molar-refractivity contribution in [2.24, 2.45) is 10.8 Å². The molecule has 15 heteroatoms. The van der Waals surface area contributed by atoms with Gasteiger partial charge in [-0.3, -0.25) is 44.0 Å². The summed E-state index contributed by atoms with van der Waals surface area (Å²) in [5.41, 5.74) is 1.82. The van der Waals surface area contributed by atoms with Gasteiger partial charge in [0, 0.05) is 92.5 Å². The van der Waals surface area contributed by atoms with Crippen LogP contribution in [0.5, 0.6) is 11.5 Å². The quantitative estimate of drug-likeness (QED) is 0.268. The van der Waals surface area contributed by atoms with Crippen molar-refractivity contribution in [1.82, 2.24) is 25.3 Å². The van der Waals surface area contributed by atoms with Crippen LogP contribution < -0.4 is 25.0 Å². The molecule has 0 bridgehead atoms. The number of nitrogens with one attached hydrogen (secondary N) is 2. The second kappa shape index (κ2) is 15.6. The predicted octanol–water partition coefficient (Wildman–Crippen LogP) is 4.11. The summed E-state index contributed by atoms with van der Waals surface area (Å²) in [6.45, 7) is 15.1. The van der Waals surface area contributed by atoms with E-state index in [9.17, 15) is 29.2 Å². The standard InChI is InChI=1S/C44H48ClN7O7/c1-43(2)41(44(3,4)42(43)59-31-10-7-27(23-46)34(45)22-31)48-37(54)26-5-8-28(9-6-26)50-15-17-51(18-16-50)29-24-49(25-29)19-20-58-30-11-12-32-33(21-30)40(57)52(39(32)56)35-13-14-36(53)47-38(35)55/h5-12,21-22,29,35,41-42H,13-20,24-25H2,1-4H3,(H,48,54)(H,47,53,55)/t35?,41-,42-. The van der Waals surface area contributed by atoms with Gasteiger partial charge in [0.05, 0.1) is 21.7 Å². The smallest absolute Gasteiger partial charge is 0.262 e. The van der Waals surface area contributed by atoms with Gasteiger partial charge >= 0.3 is 0 Å². The number of hydrogen-bond acceptors (Lipinski definition) is 11. The Bertz CT molecular complexity index is 2230. The lowest BCUT2D eigenvalue weighted by Crippen LogP contribution is -2.74. The predicted molar refractivity (Wildman–Crippen MR) is 218 cm³/mol. The largest absolute Gasteiger partial charge is 0.492 e. The number of halogens is 1. The molecule has 1 saturated carbocycles. The number of ether oxygens (including phenoxy) is 2. The lowest BCUT2D eigenvalue weighted by atomic mass is 9.49. The fraction of sp³-hybridized carbons (Fsp3) is 0.455. The molecule has 8 rings (SSSR count). The average molecular weight is 822 g/mol. The van der Waals surface area contributed by atoms with Crippen LogP contribution in [0.25, 0.3) is 0 Å². The van der Waals surface area contributed by atoms with Crippen LogP contribution in [0.3, 0.4) is 0 Å². The molecule has 3 aromatic rings. The van der Waals surface area contributed by atoms with E-state index >= 15 is 0 Å². The van der Waals surface area contributed by atoms with Gasteiger partial charge in [0.15, 0.2) is 0 Å². The van der Waals surface area contributed by atoms with Gasteiger partial charge in [0.25, 0.3) is 17.7 Å². The highest BCUT2D eigenvalue weighted by molar-refractivity contribution is 6.31. The summed E-state index contributed by atoms with van der Waals surface area (Å²) in [5.74, 6) is -1.18. The van der Waals surface area contributed by atoms with Crippen molar-refractivity contribution >= 4 is 46.8 Å². The van der Waals surface area contributed by atoms with Crippen LogP contribution in [0, 0.1) is 22.2 Å². The van der Waals surface area contributed by atoms with Crippen LogP contribution in [-0.2, 0) is 9.59 Å². The second-order valence-corrected chi connectivity index (χ2v) is 17.7. The Balaban J connectivity index is 0.758. The number of amides is 5. The highest BCUT2D eigenvalue weighted by atomic mass is 35.5. The molecular formula is C44H48ClN7O7. The van der Waals surface area contributed by atoms with Crippen molar-refractivity contribution in [3.05, 3.63) is 87.9 Å². The molecular weight excluding hydrogens is 774 g/mol. The first-order valence-corrected chi connectivity index (χ1v) is 20.5. The van der Waals surface area contributed by atoms with Crippen molar-refractivity contribution < 1.29 is 33.4 Å². The summed E-state index contributed by atoms with van der Waals surface area (Å²) in [6.07, 6.45) is -0.0000472. The number of carbonyl (C=O) groups excluding carboxylic acids is 5. The molecule has 1 atom stereocenters. The molecule has 0 spiro atoms. The molecule has 0 radical (unpaired) electrons. The summed E-state index contributed by atoms with van der Waals surface area (Å²) in [5, 5.41) is 15.0. The van der Waals surface area contributed by atoms with E-state index in [0.717, 1.165) is 56.4 Å². The van der Waals surface area contributed by atoms with Gasteiger partial charge in [-0.25, -0.2) is 0 Å². The minimum atomic E-state index is -1.00. The third-order valence-corrected chi connectivity index (χ3v) is 13.1. The van der Waals surface area contributed by atoms with E-state index in [1.165, 1.54) is 0 Å². The van der Waals surface area contributed by atoms with E-state index in [2.05, 4.69) is 59.1 Å². The molecule has 3 aromatic carbocycles. The third kappa shape index (κ3) is 7.52. The lowest BCUT2D eigenvalue weighted by Gasteiger charge is -2.63. The number of likely N-dealkylation sites (tertiary alicyclic amines) is 1. The normalized spacial score (nSPS) is 24.1. The molecule has 4 heterocycles. The summed E-state index contributed by atoms with van der Waals surface area (Å²) in [6, 6.07) is 19.1. The molecule has 4 aliphatic heterocycles. The van der Waals surface area contributed by atoms with E-state index in [4.69, 9.17) is 21.1 Å². The van der Waals surface area contributed by atoms with Gasteiger partial charge in [0.1, 0.15) is 36.3 Å². The van der Waals surface area contributed by atoms with Gasteiger partial charge in [-0.1, -0.05) is 39.3 Å². The molecule has 5 amide bonds. The van der Waals surface area contributed by atoms with Crippen molar-refractivity contribution in [2.75, 3.05) is 57.3 Å². The van der Waals surface area contributed by atoms with Crippen LogP contribution in [0.15, 0.2) is 60.7 Å². The monoisotopic (exact) mass is 821 g/mol. The van der Waals surface area contributed by atoms with Crippen LogP contribution in [0.1, 0.15) is 77.2 Å². The van der Waals surface area contributed by atoms with E-state index in [1.807, 2.05) is 24.3 Å². The summed E-state index contributed by atoms with van der Waals surface area (Å²) >= 11 is 6.25. The molecule has 14 nitrogen and oxygen atoms in total. The number of piperazine rings is 1. The third-order valence-electron chi connectivity index (χ3n) is 12.8. The van der Waals surface area contributed by atoms with Gasteiger partial charge in [-0.15, -0.1) is 0 Å². The summed E-state index contributed by atoms with van der Waals surface area (Å²) < 4.78 is 12.3. The topological polar surface area (TPSA) is 165 Å². The van der Waals surface area contributed by atoms with E-state index in [1.54, 1.807) is 36.4 Å². The number of piperidine rings is 1. The summed E-state index contributed by atoms with van der Waals surface area (Å²) in [7, 11) is 0. The van der Waals surface area contributed by atoms with Gasteiger partial charge in [0.2, 0.25) is 11.8 Å². The Morgan fingerprint density at radius 1 is 0.898 bits per heavy atom. The van der Waals surface area contributed by atoms with Crippen LogP contribution in [0.2, 0.25) is 5.02 Å². The van der Waals surface area contributed by atoms with E-state index in [-0.39, 0.29) is 52.9 Å². The maximum Gasteiger partial charge on any atom is 0.262 e. The zero-order valence-corrected chi connectivity index (χ0v) is 34.4. The highest BCUT2D eigenvalue weighted by Crippen LogP contribution is 2.55. The van der Waals surface area contributed by atoms with Crippen LogP contribution in [0.4, 0.5) is 5.69 Å². The maximum atomic E-state index is 13.5. The molecule has 1 unspecified atom stereocenters. The molecule has 4 fully saturated rings. The molecule has 308 valence electrons. The molecule has 3 saturated heterocycles. The number of anilines is 1. The van der Waals surface area contributed by atoms with Gasteiger partial charge in [-0.05, 0) is 61.0 Å². The molecule has 1 aliphatic carbocycles. The Hall–Kier alpha value is -5.49. The number of fused-ring (bicyclic) bond motifs is 1. The van der Waals surface area contributed by atoms with Crippen LogP contribution in [-0.4, -0.2) is 121 Å². The number of nitriles is 1. The summed E-state index contributed by atoms with van der Waals surface area (Å²) in [4.78, 5) is 71.7. The van der Waals surface area contributed by atoms with Crippen molar-refractivity contribution in [1.29, 1.82) is 5.26 Å². The first-order valence-electron chi connectivity index (χ1n) is 20.1. The first kappa shape index (κ1) is 40.3. The van der Waals surface area contributed by atoms with E-state index < -0.39 is 29.7 Å². The minimum absolute atomic E-state index is 0.0722. The highest BCUT2D eigenvalue weighted by Gasteiger charge is 2.64. The molecule has 0 aromatic heterocycles. The van der Waals surface area contributed by atoms with Crippen molar-refractivity contribution in [3.63, 3.8) is 0 Å². The number of imide groups is 2. The first-order chi connectivity index (χ1) is 28.1. The second-order valence-electron chi connectivity index (χ2n) is 17.3. The SMILES string of the molecule is CC1(C)[C@H](NC(=O)c2ccc(N3CCN(C4CN(CCOc5ccc6c(c5)C(=O)N(C5CCC(=O)NC5=O)C6=O)C4)CC3)cc2)C(C)(C)[C@H]1Oc1ccc(C#N)c(Cl)c1. The Kier molecular flexibility index (Phi) is 10.7. The molecule has 59 heavy (non-hydrogen) atoms. The number of benzene rings is 3. The number of hydrogen-bond donors (Lipinski definition) is 2. The van der Waals surface area contributed by atoms with Crippen molar-refractivity contribution in [2.45, 2.75) is 64.8 Å². The number of carbonyl (C=O) groups is 5. The molecule has 5 aliphatic rings. The Labute approximate surface area is 348 Å². The van der Waals surface area contributed by atoms with Crippen molar-refractivity contribution in [3.8, 4) is 17.6 Å². The number of nitrogens with zero attached hydrogens (tertiary/aromatic N) is 5. The van der Waals surface area contributed by atoms with Gasteiger partial charge < -0.3 is 19.7 Å². The molecule has 2 N–H and O–H groups in total. The fourth-order valence-electron chi connectivity index (χ4n) is 9.77.